The maximum atomic E-state index is 5.93. The highest BCUT2D eigenvalue weighted by Gasteiger charge is 2.16. The van der Waals surface area contributed by atoms with Gasteiger partial charge in [-0.05, 0) is 38.5 Å². The van der Waals surface area contributed by atoms with E-state index in [9.17, 15) is 0 Å². The van der Waals surface area contributed by atoms with Gasteiger partial charge in [0.15, 0.2) is 5.96 Å². The van der Waals surface area contributed by atoms with Crippen LogP contribution in [-0.2, 0) is 16.0 Å². The van der Waals surface area contributed by atoms with Gasteiger partial charge in [0.1, 0.15) is 12.4 Å². The van der Waals surface area contributed by atoms with E-state index in [4.69, 9.17) is 14.2 Å². The average molecular weight is 393 g/mol. The van der Waals surface area contributed by atoms with Crippen LogP contribution in [0.15, 0.2) is 29.3 Å². The molecule has 1 aromatic carbocycles. The summed E-state index contributed by atoms with van der Waals surface area (Å²) in [6.07, 6.45) is 0. The standard InChI is InChI=1S/C21H36N4O3/c1-5-22-20(24-17-21(2,3)26-4)23-16-18-7-6-8-19(15-18)28-14-11-25-9-12-27-13-10-25/h6-8,15H,5,9-14,16-17H2,1-4H3,(H2,22,23,24). The largest absolute Gasteiger partial charge is 0.492 e. The Hall–Kier alpha value is -1.83. The van der Waals surface area contributed by atoms with Crippen LogP contribution in [0.2, 0.25) is 0 Å². The average Bonchev–Trinajstić information content (AvgIpc) is 2.71. The number of rotatable bonds is 10. The van der Waals surface area contributed by atoms with E-state index >= 15 is 0 Å². The third-order valence-electron chi connectivity index (χ3n) is 4.68. The van der Waals surface area contributed by atoms with Crippen LogP contribution < -0.4 is 15.4 Å². The second-order valence-electron chi connectivity index (χ2n) is 7.46. The zero-order valence-electron chi connectivity index (χ0n) is 17.8. The summed E-state index contributed by atoms with van der Waals surface area (Å²) in [5.74, 6) is 1.67. The predicted molar refractivity (Wildman–Crippen MR) is 113 cm³/mol. The first-order valence-electron chi connectivity index (χ1n) is 10.1. The molecule has 7 nitrogen and oxygen atoms in total. The molecule has 0 unspecified atom stereocenters. The van der Waals surface area contributed by atoms with E-state index in [1.165, 1.54) is 0 Å². The number of ether oxygens (including phenoxy) is 3. The highest BCUT2D eigenvalue weighted by molar-refractivity contribution is 5.79. The molecule has 7 heteroatoms. The van der Waals surface area contributed by atoms with Crippen molar-refractivity contribution in [2.45, 2.75) is 32.9 Å². The fourth-order valence-electron chi connectivity index (χ4n) is 2.73. The molecular weight excluding hydrogens is 356 g/mol. The smallest absolute Gasteiger partial charge is 0.191 e. The van der Waals surface area contributed by atoms with Gasteiger partial charge in [-0.3, -0.25) is 4.90 Å². The van der Waals surface area contributed by atoms with E-state index in [2.05, 4.69) is 39.6 Å². The lowest BCUT2D eigenvalue weighted by Gasteiger charge is -2.26. The molecule has 2 N–H and O–H groups in total. The Labute approximate surface area is 169 Å². The number of aliphatic imine (C=N–C) groups is 1. The molecule has 0 radical (unpaired) electrons. The van der Waals surface area contributed by atoms with Crippen molar-refractivity contribution in [3.63, 3.8) is 0 Å². The molecule has 0 spiro atoms. The minimum absolute atomic E-state index is 0.246. The molecular formula is C21H36N4O3. The predicted octanol–water partition coefficient (Wildman–Crippen LogP) is 1.88. The number of morpholine rings is 1. The summed E-state index contributed by atoms with van der Waals surface area (Å²) >= 11 is 0. The van der Waals surface area contributed by atoms with E-state index in [-0.39, 0.29) is 5.60 Å². The van der Waals surface area contributed by atoms with Gasteiger partial charge in [0.2, 0.25) is 0 Å². The highest BCUT2D eigenvalue weighted by atomic mass is 16.5. The second-order valence-corrected chi connectivity index (χ2v) is 7.46. The van der Waals surface area contributed by atoms with Crippen LogP contribution in [0.3, 0.4) is 0 Å². The Morgan fingerprint density at radius 3 is 2.75 bits per heavy atom. The van der Waals surface area contributed by atoms with Gasteiger partial charge >= 0.3 is 0 Å². The summed E-state index contributed by atoms with van der Waals surface area (Å²) in [6.45, 7) is 13.4. The number of guanidine groups is 1. The quantitative estimate of drug-likeness (QED) is 0.468. The Bertz CT molecular complexity index is 601. The normalized spacial score (nSPS) is 16.1. The molecule has 1 heterocycles. The highest BCUT2D eigenvalue weighted by Crippen LogP contribution is 2.14. The Morgan fingerprint density at radius 1 is 1.25 bits per heavy atom. The fourth-order valence-corrected chi connectivity index (χ4v) is 2.73. The van der Waals surface area contributed by atoms with Crippen molar-refractivity contribution in [3.8, 4) is 5.75 Å². The lowest BCUT2D eigenvalue weighted by molar-refractivity contribution is 0.0268. The second kappa shape index (κ2) is 11.9. The van der Waals surface area contributed by atoms with Gasteiger partial charge in [-0.25, -0.2) is 4.99 Å². The number of hydrogen-bond donors (Lipinski definition) is 2. The first kappa shape index (κ1) is 22.5. The summed E-state index contributed by atoms with van der Waals surface area (Å²) in [5, 5.41) is 6.61. The molecule has 0 aliphatic carbocycles. The number of nitrogens with zero attached hydrogens (tertiary/aromatic N) is 2. The lowest BCUT2D eigenvalue weighted by Crippen LogP contribution is -2.45. The van der Waals surface area contributed by atoms with Gasteiger partial charge < -0.3 is 24.8 Å². The Kier molecular flexibility index (Phi) is 9.54. The summed E-state index contributed by atoms with van der Waals surface area (Å²) in [4.78, 5) is 7.05. The molecule has 0 aromatic heterocycles. The summed E-state index contributed by atoms with van der Waals surface area (Å²) in [7, 11) is 1.72. The van der Waals surface area contributed by atoms with Gasteiger partial charge in [-0.15, -0.1) is 0 Å². The first-order chi connectivity index (χ1) is 13.5. The van der Waals surface area contributed by atoms with Gasteiger partial charge in [-0.2, -0.15) is 0 Å². The molecule has 1 aliphatic rings. The minimum Gasteiger partial charge on any atom is -0.492 e. The SMILES string of the molecule is CCNC(=NCc1cccc(OCCN2CCOCC2)c1)NCC(C)(C)OC. The third-order valence-corrected chi connectivity index (χ3v) is 4.68. The van der Waals surface area contributed by atoms with E-state index < -0.39 is 0 Å². The zero-order valence-corrected chi connectivity index (χ0v) is 17.8. The van der Waals surface area contributed by atoms with Crippen LogP contribution in [0.25, 0.3) is 0 Å². The number of hydrogen-bond acceptors (Lipinski definition) is 5. The molecule has 1 aromatic rings. The van der Waals surface area contributed by atoms with Crippen LogP contribution in [-0.4, -0.2) is 76.1 Å². The molecule has 0 atom stereocenters. The number of benzene rings is 1. The van der Waals surface area contributed by atoms with Gasteiger partial charge in [0.25, 0.3) is 0 Å². The molecule has 1 fully saturated rings. The van der Waals surface area contributed by atoms with Crippen LogP contribution in [0.1, 0.15) is 26.3 Å². The Morgan fingerprint density at radius 2 is 2.04 bits per heavy atom. The molecule has 1 saturated heterocycles. The molecule has 2 rings (SSSR count). The Balaban J connectivity index is 1.84. The first-order valence-corrected chi connectivity index (χ1v) is 10.1. The topological polar surface area (TPSA) is 67.4 Å². The summed E-state index contributed by atoms with van der Waals surface area (Å²) in [6, 6.07) is 8.15. The zero-order chi connectivity index (χ0) is 20.2. The maximum Gasteiger partial charge on any atom is 0.191 e. The molecule has 0 amide bonds. The maximum absolute atomic E-state index is 5.93. The van der Waals surface area contributed by atoms with Gasteiger partial charge in [0, 0.05) is 39.8 Å². The molecule has 1 aliphatic heterocycles. The lowest BCUT2D eigenvalue weighted by atomic mass is 10.1. The van der Waals surface area contributed by atoms with Crippen molar-refractivity contribution in [1.29, 1.82) is 0 Å². The molecule has 0 saturated carbocycles. The van der Waals surface area contributed by atoms with Crippen molar-refractivity contribution in [2.75, 3.05) is 59.7 Å². The molecule has 158 valence electrons. The van der Waals surface area contributed by atoms with Crippen molar-refractivity contribution in [3.05, 3.63) is 29.8 Å². The van der Waals surface area contributed by atoms with E-state index in [0.29, 0.717) is 19.7 Å². The summed E-state index contributed by atoms with van der Waals surface area (Å²) < 4.78 is 16.8. The molecule has 0 bridgehead atoms. The van der Waals surface area contributed by atoms with Crippen molar-refractivity contribution < 1.29 is 14.2 Å². The summed E-state index contributed by atoms with van der Waals surface area (Å²) in [5.41, 5.74) is 0.872. The van der Waals surface area contributed by atoms with Crippen LogP contribution in [0.4, 0.5) is 0 Å². The third kappa shape index (κ3) is 8.46. The van der Waals surface area contributed by atoms with Crippen LogP contribution >= 0.6 is 0 Å². The van der Waals surface area contributed by atoms with Crippen molar-refractivity contribution >= 4 is 5.96 Å². The van der Waals surface area contributed by atoms with E-state index in [0.717, 1.165) is 56.7 Å². The number of nitrogens with one attached hydrogen (secondary N) is 2. The number of methoxy groups -OCH3 is 1. The van der Waals surface area contributed by atoms with E-state index in [1.807, 2.05) is 26.0 Å². The minimum atomic E-state index is -0.246. The fraction of sp³-hybridized carbons (Fsp3) is 0.667. The van der Waals surface area contributed by atoms with Crippen molar-refractivity contribution in [2.24, 2.45) is 4.99 Å². The van der Waals surface area contributed by atoms with E-state index in [1.54, 1.807) is 7.11 Å². The van der Waals surface area contributed by atoms with Crippen molar-refractivity contribution in [1.82, 2.24) is 15.5 Å². The van der Waals surface area contributed by atoms with Gasteiger partial charge in [-0.1, -0.05) is 12.1 Å². The monoisotopic (exact) mass is 392 g/mol. The molecule has 28 heavy (non-hydrogen) atoms. The van der Waals surface area contributed by atoms with Crippen LogP contribution in [0, 0.1) is 0 Å². The van der Waals surface area contributed by atoms with Gasteiger partial charge in [0.05, 0.1) is 25.4 Å². The van der Waals surface area contributed by atoms with Crippen LogP contribution in [0.5, 0.6) is 5.75 Å².